The maximum absolute atomic E-state index is 10.6. The van der Waals surface area contributed by atoms with Crippen LogP contribution in [0.5, 0.6) is 0 Å². The van der Waals surface area contributed by atoms with Crippen molar-refractivity contribution < 1.29 is 9.90 Å². The lowest BCUT2D eigenvalue weighted by molar-refractivity contribution is -0.117. The highest BCUT2D eigenvalue weighted by molar-refractivity contribution is 5.74. The molecule has 0 aliphatic carbocycles. The summed E-state index contributed by atoms with van der Waals surface area (Å²) >= 11 is 0. The van der Waals surface area contributed by atoms with Gasteiger partial charge in [-0.1, -0.05) is 24.3 Å². The van der Waals surface area contributed by atoms with Gasteiger partial charge in [0.1, 0.15) is 0 Å². The Balaban J connectivity index is 2.68. The number of aryl methyl sites for hydroxylation is 1. The smallest absolute Gasteiger partial charge is 0.217 e. The second-order valence-corrected chi connectivity index (χ2v) is 3.21. The first-order chi connectivity index (χ1) is 6.74. The Morgan fingerprint density at radius 3 is 2.29 bits per heavy atom. The van der Waals surface area contributed by atoms with Gasteiger partial charge >= 0.3 is 0 Å². The molecular weight excluding hydrogens is 178 g/mol. The number of carbonyl (C=O) groups excluding carboxylic acids is 1. The van der Waals surface area contributed by atoms with Crippen molar-refractivity contribution in [2.45, 2.75) is 19.3 Å². The Hall–Kier alpha value is -1.35. The van der Waals surface area contributed by atoms with E-state index in [2.05, 4.69) is 0 Å². The lowest BCUT2D eigenvalue weighted by atomic mass is 10.0. The summed E-state index contributed by atoms with van der Waals surface area (Å²) in [4.78, 5) is 10.6. The number of aliphatic hydroxyl groups is 1. The molecule has 0 aliphatic rings. The van der Waals surface area contributed by atoms with E-state index in [4.69, 9.17) is 10.8 Å². The maximum Gasteiger partial charge on any atom is 0.217 e. The predicted octanol–water partition coefficient (Wildman–Crippen LogP) is 0.639. The van der Waals surface area contributed by atoms with Crippen molar-refractivity contribution in [1.29, 1.82) is 0 Å². The molecule has 0 fully saturated rings. The quantitative estimate of drug-likeness (QED) is 0.720. The third-order valence-electron chi connectivity index (χ3n) is 2.14. The van der Waals surface area contributed by atoms with Crippen LogP contribution in [0.2, 0.25) is 0 Å². The number of benzene rings is 1. The first-order valence-corrected chi connectivity index (χ1v) is 4.70. The zero-order chi connectivity index (χ0) is 10.4. The summed E-state index contributed by atoms with van der Waals surface area (Å²) in [6.45, 7) is 0.133. The first-order valence-electron chi connectivity index (χ1n) is 4.70. The number of primary amides is 1. The Morgan fingerprint density at radius 1 is 1.21 bits per heavy atom. The maximum atomic E-state index is 10.6. The van der Waals surface area contributed by atoms with Crippen LogP contribution < -0.4 is 5.73 Å². The largest absolute Gasteiger partial charge is 0.396 e. The minimum absolute atomic E-state index is 0.133. The van der Waals surface area contributed by atoms with Crippen LogP contribution in [0.25, 0.3) is 0 Å². The van der Waals surface area contributed by atoms with Crippen LogP contribution in [0.1, 0.15) is 17.5 Å². The lowest BCUT2D eigenvalue weighted by Crippen LogP contribution is -2.12. The zero-order valence-electron chi connectivity index (χ0n) is 8.07. The molecule has 0 aliphatic heterocycles. The van der Waals surface area contributed by atoms with Gasteiger partial charge in [-0.25, -0.2) is 0 Å². The predicted molar refractivity (Wildman–Crippen MR) is 54.7 cm³/mol. The molecule has 0 spiro atoms. The summed E-state index contributed by atoms with van der Waals surface area (Å²) in [5.74, 6) is -0.288. The second-order valence-electron chi connectivity index (χ2n) is 3.21. The van der Waals surface area contributed by atoms with Crippen LogP contribution in [0, 0.1) is 0 Å². The molecule has 0 saturated heterocycles. The van der Waals surface area contributed by atoms with Crippen LogP contribution in [0.3, 0.4) is 0 Å². The van der Waals surface area contributed by atoms with Crippen molar-refractivity contribution in [2.24, 2.45) is 5.73 Å². The van der Waals surface area contributed by atoms with Crippen molar-refractivity contribution >= 4 is 5.91 Å². The van der Waals surface area contributed by atoms with Crippen LogP contribution in [0.15, 0.2) is 24.3 Å². The van der Waals surface area contributed by atoms with Gasteiger partial charge in [-0.15, -0.1) is 0 Å². The van der Waals surface area contributed by atoms with Gasteiger partial charge in [-0.3, -0.25) is 4.79 Å². The van der Waals surface area contributed by atoms with Gasteiger partial charge in [0.15, 0.2) is 0 Å². The van der Waals surface area contributed by atoms with Crippen molar-refractivity contribution in [3.63, 3.8) is 0 Å². The van der Waals surface area contributed by atoms with Crippen LogP contribution in [-0.4, -0.2) is 17.6 Å². The number of hydrogen-bond acceptors (Lipinski definition) is 2. The highest BCUT2D eigenvalue weighted by Gasteiger charge is 2.02. The number of hydrogen-bond donors (Lipinski definition) is 2. The van der Waals surface area contributed by atoms with Crippen LogP contribution in [0.4, 0.5) is 0 Å². The molecule has 0 radical (unpaired) electrons. The standard InChI is InChI=1S/C11H15NO2/c12-11(14)6-5-9-3-1-2-4-10(9)7-8-13/h1-4,13H,5-8H2,(H2,12,14). The van der Waals surface area contributed by atoms with E-state index in [9.17, 15) is 4.79 Å². The lowest BCUT2D eigenvalue weighted by Gasteiger charge is -2.06. The minimum atomic E-state index is -0.288. The summed E-state index contributed by atoms with van der Waals surface area (Å²) in [5, 5.41) is 8.83. The van der Waals surface area contributed by atoms with Crippen molar-refractivity contribution in [3.8, 4) is 0 Å². The molecule has 1 amide bonds. The van der Waals surface area contributed by atoms with E-state index in [0.717, 1.165) is 11.1 Å². The Morgan fingerprint density at radius 2 is 1.79 bits per heavy atom. The summed E-state index contributed by atoms with van der Waals surface area (Å²) in [5.41, 5.74) is 7.27. The van der Waals surface area contributed by atoms with E-state index in [1.807, 2.05) is 24.3 Å². The van der Waals surface area contributed by atoms with Gasteiger partial charge in [0.2, 0.25) is 5.91 Å². The molecule has 0 atom stereocenters. The average molecular weight is 193 g/mol. The molecule has 3 nitrogen and oxygen atoms in total. The summed E-state index contributed by atoms with van der Waals surface area (Å²) in [7, 11) is 0. The van der Waals surface area contributed by atoms with E-state index in [-0.39, 0.29) is 12.5 Å². The summed E-state index contributed by atoms with van der Waals surface area (Å²) in [6, 6.07) is 7.79. The zero-order valence-corrected chi connectivity index (χ0v) is 8.07. The van der Waals surface area contributed by atoms with E-state index in [1.54, 1.807) is 0 Å². The molecule has 1 aromatic rings. The van der Waals surface area contributed by atoms with E-state index in [0.29, 0.717) is 19.3 Å². The third-order valence-corrected chi connectivity index (χ3v) is 2.14. The monoisotopic (exact) mass is 193 g/mol. The molecular formula is C11H15NO2. The fourth-order valence-electron chi connectivity index (χ4n) is 1.42. The molecule has 1 aromatic carbocycles. The molecule has 76 valence electrons. The topological polar surface area (TPSA) is 63.3 Å². The van der Waals surface area contributed by atoms with Crippen molar-refractivity contribution in [3.05, 3.63) is 35.4 Å². The van der Waals surface area contributed by atoms with Crippen LogP contribution >= 0.6 is 0 Å². The Kier molecular flexibility index (Phi) is 4.13. The number of aliphatic hydroxyl groups excluding tert-OH is 1. The first kappa shape index (κ1) is 10.7. The van der Waals surface area contributed by atoms with Gasteiger partial charge in [-0.2, -0.15) is 0 Å². The van der Waals surface area contributed by atoms with Gasteiger partial charge in [0.25, 0.3) is 0 Å². The van der Waals surface area contributed by atoms with Gasteiger partial charge in [-0.05, 0) is 24.0 Å². The number of amides is 1. The highest BCUT2D eigenvalue weighted by Crippen LogP contribution is 2.11. The van der Waals surface area contributed by atoms with E-state index in [1.165, 1.54) is 0 Å². The normalized spacial score (nSPS) is 10.1. The summed E-state index contributed by atoms with van der Waals surface area (Å²) in [6.07, 6.45) is 1.66. The van der Waals surface area contributed by atoms with Crippen molar-refractivity contribution in [2.75, 3.05) is 6.61 Å². The third kappa shape index (κ3) is 3.18. The second kappa shape index (κ2) is 5.40. The minimum Gasteiger partial charge on any atom is -0.396 e. The molecule has 0 saturated carbocycles. The summed E-state index contributed by atoms with van der Waals surface area (Å²) < 4.78 is 0. The molecule has 0 bridgehead atoms. The molecule has 0 aromatic heterocycles. The average Bonchev–Trinajstić information content (AvgIpc) is 2.17. The molecule has 0 heterocycles. The molecule has 3 N–H and O–H groups in total. The van der Waals surface area contributed by atoms with E-state index >= 15 is 0 Å². The molecule has 14 heavy (non-hydrogen) atoms. The molecule has 3 heteroatoms. The molecule has 0 unspecified atom stereocenters. The van der Waals surface area contributed by atoms with Crippen LogP contribution in [-0.2, 0) is 17.6 Å². The van der Waals surface area contributed by atoms with Gasteiger partial charge < -0.3 is 10.8 Å². The number of nitrogens with two attached hydrogens (primary N) is 1. The highest BCUT2D eigenvalue weighted by atomic mass is 16.2. The fraction of sp³-hybridized carbons (Fsp3) is 0.364. The Labute approximate surface area is 83.6 Å². The fourth-order valence-corrected chi connectivity index (χ4v) is 1.42. The van der Waals surface area contributed by atoms with Gasteiger partial charge in [0.05, 0.1) is 0 Å². The SMILES string of the molecule is NC(=O)CCc1ccccc1CCO. The Bertz CT molecular complexity index is 310. The molecule has 1 rings (SSSR count). The van der Waals surface area contributed by atoms with E-state index < -0.39 is 0 Å². The number of rotatable bonds is 5. The van der Waals surface area contributed by atoms with Gasteiger partial charge in [0, 0.05) is 13.0 Å². The van der Waals surface area contributed by atoms with Crippen molar-refractivity contribution in [1.82, 2.24) is 0 Å². The number of carbonyl (C=O) groups is 1.